The van der Waals surface area contributed by atoms with E-state index in [1.54, 1.807) is 0 Å². The van der Waals surface area contributed by atoms with E-state index in [2.05, 4.69) is 33.1 Å². The fourth-order valence-electron chi connectivity index (χ4n) is 2.57. The lowest BCUT2D eigenvalue weighted by Gasteiger charge is -2.33. The summed E-state index contributed by atoms with van der Waals surface area (Å²) in [5.74, 6) is 1.01. The third-order valence-corrected chi connectivity index (χ3v) is 5.35. The van der Waals surface area contributed by atoms with Crippen molar-refractivity contribution in [2.24, 2.45) is 5.73 Å². The number of thioether (sulfide) groups is 1. The van der Waals surface area contributed by atoms with Gasteiger partial charge in [0.15, 0.2) is 0 Å². The minimum Gasteiger partial charge on any atom is -0.369 e. The van der Waals surface area contributed by atoms with Gasteiger partial charge in [0, 0.05) is 39.8 Å². The number of hydrogen-bond acceptors (Lipinski definition) is 4. The molecule has 19 heavy (non-hydrogen) atoms. The van der Waals surface area contributed by atoms with Crippen LogP contribution in [-0.4, -0.2) is 30.0 Å². The van der Waals surface area contributed by atoms with E-state index in [4.69, 9.17) is 5.73 Å². The second-order valence-electron chi connectivity index (χ2n) is 4.99. The Balaban J connectivity index is 1.95. The van der Waals surface area contributed by atoms with Crippen LogP contribution in [0.2, 0.25) is 0 Å². The molecule has 1 aromatic carbocycles. The van der Waals surface area contributed by atoms with Crippen molar-refractivity contribution in [2.75, 3.05) is 29.1 Å². The Bertz CT molecular complexity index is 537. The molecule has 1 saturated heterocycles. The van der Waals surface area contributed by atoms with Crippen molar-refractivity contribution in [1.82, 2.24) is 0 Å². The standard InChI is InChI=1S/C13H16BrN3OS/c1-7-6-17(2-3-19-7)11-5-10-8(4-9(11)14)12(15)13(18)16-10/h4-5,7,12H,2-3,6,15H2,1H3,(H,16,18). The number of carbonyl (C=O) groups is 1. The zero-order valence-electron chi connectivity index (χ0n) is 10.6. The van der Waals surface area contributed by atoms with Gasteiger partial charge in [-0.15, -0.1) is 0 Å². The smallest absolute Gasteiger partial charge is 0.245 e. The second kappa shape index (κ2) is 5.00. The lowest BCUT2D eigenvalue weighted by atomic mass is 10.1. The van der Waals surface area contributed by atoms with Gasteiger partial charge >= 0.3 is 0 Å². The third kappa shape index (κ3) is 2.37. The van der Waals surface area contributed by atoms with Crippen LogP contribution in [-0.2, 0) is 4.79 Å². The summed E-state index contributed by atoms with van der Waals surface area (Å²) in [7, 11) is 0. The fraction of sp³-hybridized carbons (Fsp3) is 0.462. The molecule has 0 radical (unpaired) electrons. The number of carbonyl (C=O) groups excluding carboxylic acids is 1. The monoisotopic (exact) mass is 341 g/mol. The summed E-state index contributed by atoms with van der Waals surface area (Å²) in [5.41, 5.74) is 8.72. The summed E-state index contributed by atoms with van der Waals surface area (Å²) < 4.78 is 1.01. The van der Waals surface area contributed by atoms with Crippen LogP contribution in [0.15, 0.2) is 16.6 Å². The maximum absolute atomic E-state index is 11.6. The van der Waals surface area contributed by atoms with Crippen LogP contribution in [0.4, 0.5) is 11.4 Å². The van der Waals surface area contributed by atoms with Crippen molar-refractivity contribution >= 4 is 45.0 Å². The predicted octanol–water partition coefficient (Wildman–Crippen LogP) is 2.34. The Morgan fingerprint density at radius 3 is 3.05 bits per heavy atom. The fourth-order valence-corrected chi connectivity index (χ4v) is 4.20. The summed E-state index contributed by atoms with van der Waals surface area (Å²) in [6, 6.07) is 3.46. The van der Waals surface area contributed by atoms with Crippen LogP contribution in [0.25, 0.3) is 0 Å². The maximum Gasteiger partial charge on any atom is 0.245 e. The molecular weight excluding hydrogens is 326 g/mol. The van der Waals surface area contributed by atoms with Gasteiger partial charge < -0.3 is 16.0 Å². The average Bonchev–Trinajstić information content (AvgIpc) is 2.65. The van der Waals surface area contributed by atoms with E-state index in [0.29, 0.717) is 5.25 Å². The lowest BCUT2D eigenvalue weighted by molar-refractivity contribution is -0.116. The summed E-state index contributed by atoms with van der Waals surface area (Å²) in [6.45, 7) is 4.31. The molecule has 1 aromatic rings. The maximum atomic E-state index is 11.6. The highest BCUT2D eigenvalue weighted by Crippen LogP contribution is 2.39. The molecule has 0 aromatic heterocycles. The average molecular weight is 342 g/mol. The molecule has 0 aliphatic carbocycles. The zero-order chi connectivity index (χ0) is 13.6. The van der Waals surface area contributed by atoms with Crippen LogP contribution < -0.4 is 16.0 Å². The van der Waals surface area contributed by atoms with E-state index >= 15 is 0 Å². The van der Waals surface area contributed by atoms with Crippen molar-refractivity contribution in [3.63, 3.8) is 0 Å². The first-order valence-electron chi connectivity index (χ1n) is 6.32. The second-order valence-corrected chi connectivity index (χ2v) is 7.39. The van der Waals surface area contributed by atoms with Gasteiger partial charge in [-0.3, -0.25) is 4.79 Å². The van der Waals surface area contributed by atoms with Crippen molar-refractivity contribution in [1.29, 1.82) is 0 Å². The third-order valence-electron chi connectivity index (χ3n) is 3.58. The number of nitrogens with one attached hydrogen (secondary N) is 1. The Morgan fingerprint density at radius 2 is 2.32 bits per heavy atom. The minimum absolute atomic E-state index is 0.124. The topological polar surface area (TPSA) is 58.4 Å². The molecule has 2 heterocycles. The number of nitrogens with zero attached hydrogens (tertiary/aromatic N) is 1. The minimum atomic E-state index is -0.545. The highest BCUT2D eigenvalue weighted by atomic mass is 79.9. The zero-order valence-corrected chi connectivity index (χ0v) is 13.1. The molecule has 1 amide bonds. The Morgan fingerprint density at radius 1 is 1.53 bits per heavy atom. The highest BCUT2D eigenvalue weighted by Gasteiger charge is 2.29. The number of hydrogen-bond donors (Lipinski definition) is 2. The van der Waals surface area contributed by atoms with Crippen LogP contribution in [0.3, 0.4) is 0 Å². The van der Waals surface area contributed by atoms with Gasteiger partial charge in [-0.25, -0.2) is 0 Å². The summed E-state index contributed by atoms with van der Waals surface area (Å²) in [4.78, 5) is 14.0. The SMILES string of the molecule is CC1CN(c2cc3c(cc2Br)C(N)C(=O)N3)CCS1. The first-order chi connectivity index (χ1) is 9.06. The van der Waals surface area contributed by atoms with E-state index in [0.717, 1.165) is 40.3 Å². The summed E-state index contributed by atoms with van der Waals surface area (Å²) in [5, 5.41) is 3.48. The lowest BCUT2D eigenvalue weighted by Crippen LogP contribution is -2.36. The van der Waals surface area contributed by atoms with E-state index in [1.807, 2.05) is 23.9 Å². The number of halogens is 1. The first-order valence-corrected chi connectivity index (χ1v) is 8.17. The van der Waals surface area contributed by atoms with Crippen LogP contribution >= 0.6 is 27.7 Å². The van der Waals surface area contributed by atoms with Gasteiger partial charge in [-0.1, -0.05) is 6.92 Å². The Kier molecular flexibility index (Phi) is 3.49. The molecule has 0 spiro atoms. The van der Waals surface area contributed by atoms with Gasteiger partial charge in [-0.2, -0.15) is 11.8 Å². The van der Waals surface area contributed by atoms with E-state index in [9.17, 15) is 4.79 Å². The molecule has 0 bridgehead atoms. The quantitative estimate of drug-likeness (QED) is 0.823. The molecule has 2 unspecified atom stereocenters. The number of anilines is 2. The molecule has 6 heteroatoms. The van der Waals surface area contributed by atoms with Crippen molar-refractivity contribution < 1.29 is 4.79 Å². The summed E-state index contributed by atoms with van der Waals surface area (Å²) in [6.07, 6.45) is 0. The largest absolute Gasteiger partial charge is 0.369 e. The van der Waals surface area contributed by atoms with Gasteiger partial charge in [0.25, 0.3) is 0 Å². The van der Waals surface area contributed by atoms with Gasteiger partial charge in [-0.05, 0) is 28.1 Å². The number of fused-ring (bicyclic) bond motifs is 1. The van der Waals surface area contributed by atoms with Gasteiger partial charge in [0.2, 0.25) is 5.91 Å². The van der Waals surface area contributed by atoms with E-state index < -0.39 is 6.04 Å². The van der Waals surface area contributed by atoms with Gasteiger partial charge in [0.1, 0.15) is 6.04 Å². The van der Waals surface area contributed by atoms with Crippen LogP contribution in [0.1, 0.15) is 18.5 Å². The first kappa shape index (κ1) is 13.3. The van der Waals surface area contributed by atoms with E-state index in [-0.39, 0.29) is 5.91 Å². The molecule has 2 atom stereocenters. The van der Waals surface area contributed by atoms with Crippen molar-refractivity contribution in [3.8, 4) is 0 Å². The molecule has 102 valence electrons. The van der Waals surface area contributed by atoms with E-state index in [1.165, 1.54) is 0 Å². The molecule has 1 fully saturated rings. The summed E-state index contributed by atoms with van der Waals surface area (Å²) >= 11 is 5.61. The highest BCUT2D eigenvalue weighted by molar-refractivity contribution is 9.10. The van der Waals surface area contributed by atoms with Crippen molar-refractivity contribution in [2.45, 2.75) is 18.2 Å². The normalized spacial score (nSPS) is 26.3. The van der Waals surface area contributed by atoms with Gasteiger partial charge in [0.05, 0.1) is 5.69 Å². The number of amides is 1. The molecule has 0 saturated carbocycles. The molecule has 2 aliphatic rings. The Hall–Kier alpha value is -0.720. The number of rotatable bonds is 1. The molecule has 3 N–H and O–H groups in total. The molecular formula is C13H16BrN3OS. The number of nitrogens with two attached hydrogens (primary N) is 1. The molecule has 3 rings (SSSR count). The van der Waals surface area contributed by atoms with Crippen LogP contribution in [0, 0.1) is 0 Å². The molecule has 2 aliphatic heterocycles. The van der Waals surface area contributed by atoms with Crippen molar-refractivity contribution in [3.05, 3.63) is 22.2 Å². The predicted molar refractivity (Wildman–Crippen MR) is 83.8 cm³/mol. The molecule has 4 nitrogen and oxygen atoms in total. The van der Waals surface area contributed by atoms with Crippen LogP contribution in [0.5, 0.6) is 0 Å². The Labute approximate surface area is 125 Å². The number of benzene rings is 1.